The average molecular weight is 406 g/mol. The van der Waals surface area contributed by atoms with E-state index in [1.807, 2.05) is 18.2 Å². The van der Waals surface area contributed by atoms with Crippen molar-refractivity contribution >= 4 is 17.5 Å². The van der Waals surface area contributed by atoms with Gasteiger partial charge >= 0.3 is 0 Å². The molecule has 7 heteroatoms. The van der Waals surface area contributed by atoms with Gasteiger partial charge in [-0.15, -0.1) is 0 Å². The minimum absolute atomic E-state index is 0.140. The Kier molecular flexibility index (Phi) is 5.43. The number of amides is 2. The summed E-state index contributed by atoms with van der Waals surface area (Å²) in [5.74, 6) is 0.254. The lowest BCUT2D eigenvalue weighted by Gasteiger charge is -2.29. The first-order chi connectivity index (χ1) is 14.6. The normalized spacial score (nSPS) is 12.8. The fraction of sp³-hybridized carbons (Fsp3) is 0.217. The van der Waals surface area contributed by atoms with Gasteiger partial charge < -0.3 is 24.1 Å². The molecule has 1 aromatic heterocycles. The number of hydrogen-bond acceptors (Lipinski definition) is 5. The quantitative estimate of drug-likeness (QED) is 0.698. The van der Waals surface area contributed by atoms with Crippen LogP contribution in [0.15, 0.2) is 59.2 Å². The van der Waals surface area contributed by atoms with Gasteiger partial charge in [-0.05, 0) is 41.8 Å². The molecule has 1 aliphatic rings. The summed E-state index contributed by atoms with van der Waals surface area (Å²) < 4.78 is 16.0. The molecule has 0 bridgehead atoms. The largest absolute Gasteiger partial charge is 0.493 e. The highest BCUT2D eigenvalue weighted by Crippen LogP contribution is 2.37. The maximum Gasteiger partial charge on any atom is 0.291 e. The Morgan fingerprint density at radius 1 is 1.03 bits per heavy atom. The summed E-state index contributed by atoms with van der Waals surface area (Å²) in [5, 5.41) is 2.74. The summed E-state index contributed by atoms with van der Waals surface area (Å²) in [6, 6.07) is 14.5. The molecule has 0 fully saturated rings. The zero-order valence-electron chi connectivity index (χ0n) is 16.8. The number of carbonyl (C=O) groups is 2. The van der Waals surface area contributed by atoms with Gasteiger partial charge in [0.25, 0.3) is 11.8 Å². The second-order valence-electron chi connectivity index (χ2n) is 6.94. The number of hydrogen-bond donors (Lipinski definition) is 1. The number of nitrogens with zero attached hydrogens (tertiary/aromatic N) is 1. The van der Waals surface area contributed by atoms with E-state index in [2.05, 4.69) is 11.4 Å². The zero-order valence-corrected chi connectivity index (χ0v) is 16.8. The Bertz CT molecular complexity index is 1080. The minimum Gasteiger partial charge on any atom is -0.493 e. The second-order valence-corrected chi connectivity index (χ2v) is 6.94. The van der Waals surface area contributed by atoms with E-state index < -0.39 is 5.91 Å². The van der Waals surface area contributed by atoms with Crippen molar-refractivity contribution in [2.45, 2.75) is 13.0 Å². The van der Waals surface area contributed by atoms with Gasteiger partial charge in [0.1, 0.15) is 0 Å². The minimum atomic E-state index is -0.447. The number of rotatable bonds is 5. The lowest BCUT2D eigenvalue weighted by atomic mass is 9.99. The molecule has 2 heterocycles. The smallest absolute Gasteiger partial charge is 0.291 e. The lowest BCUT2D eigenvalue weighted by Crippen LogP contribution is -2.36. The third-order valence-electron chi connectivity index (χ3n) is 5.14. The van der Waals surface area contributed by atoms with Crippen LogP contribution in [0.5, 0.6) is 11.5 Å². The van der Waals surface area contributed by atoms with Crippen molar-refractivity contribution in [2.24, 2.45) is 0 Å². The van der Waals surface area contributed by atoms with E-state index in [9.17, 15) is 9.59 Å². The van der Waals surface area contributed by atoms with Gasteiger partial charge in [0.15, 0.2) is 17.3 Å². The summed E-state index contributed by atoms with van der Waals surface area (Å²) in [6.45, 7) is 1.16. The number of ether oxygens (including phenoxy) is 2. The highest BCUT2D eigenvalue weighted by Gasteiger charge is 2.25. The molecule has 7 nitrogen and oxygen atoms in total. The summed E-state index contributed by atoms with van der Waals surface area (Å²) in [5.41, 5.74) is 3.14. The third-order valence-corrected chi connectivity index (χ3v) is 5.14. The van der Waals surface area contributed by atoms with Gasteiger partial charge in [-0.3, -0.25) is 9.59 Å². The molecule has 0 saturated heterocycles. The van der Waals surface area contributed by atoms with E-state index >= 15 is 0 Å². The Labute approximate surface area is 174 Å². The molecular formula is C23H22N2O5. The first-order valence-corrected chi connectivity index (χ1v) is 9.57. The van der Waals surface area contributed by atoms with Gasteiger partial charge in [0.2, 0.25) is 0 Å². The van der Waals surface area contributed by atoms with E-state index in [1.54, 1.807) is 29.2 Å². The lowest BCUT2D eigenvalue weighted by molar-refractivity contribution is 0.0734. The van der Waals surface area contributed by atoms with Gasteiger partial charge in [0.05, 0.1) is 26.2 Å². The Morgan fingerprint density at radius 3 is 2.53 bits per heavy atom. The fourth-order valence-corrected chi connectivity index (χ4v) is 3.62. The predicted molar refractivity (Wildman–Crippen MR) is 111 cm³/mol. The molecule has 0 atom stereocenters. The van der Waals surface area contributed by atoms with Crippen molar-refractivity contribution in [1.82, 2.24) is 4.90 Å². The summed E-state index contributed by atoms with van der Waals surface area (Å²) in [4.78, 5) is 27.5. The van der Waals surface area contributed by atoms with Gasteiger partial charge in [-0.1, -0.05) is 24.3 Å². The van der Waals surface area contributed by atoms with E-state index in [0.29, 0.717) is 35.8 Å². The van der Waals surface area contributed by atoms with Crippen LogP contribution in [0.3, 0.4) is 0 Å². The summed E-state index contributed by atoms with van der Waals surface area (Å²) in [6.07, 6.45) is 2.22. The average Bonchev–Trinajstić information content (AvgIpc) is 3.33. The van der Waals surface area contributed by atoms with Crippen LogP contribution < -0.4 is 14.8 Å². The monoisotopic (exact) mass is 406 g/mol. The molecule has 0 radical (unpaired) electrons. The molecule has 30 heavy (non-hydrogen) atoms. The van der Waals surface area contributed by atoms with Crippen molar-refractivity contribution < 1.29 is 23.5 Å². The molecule has 0 spiro atoms. The number of carbonyl (C=O) groups excluding carboxylic acids is 2. The number of nitrogens with one attached hydrogen (secondary N) is 1. The molecule has 1 aliphatic heterocycles. The SMILES string of the molecule is COc1cc(C(=O)N2CCc3ccccc3C2)cc(NC(=O)c2ccco2)c1OC. The highest BCUT2D eigenvalue weighted by molar-refractivity contribution is 6.05. The van der Waals surface area contributed by atoms with E-state index in [-0.39, 0.29) is 11.7 Å². The molecular weight excluding hydrogens is 384 g/mol. The summed E-state index contributed by atoms with van der Waals surface area (Å²) >= 11 is 0. The number of benzene rings is 2. The molecule has 1 N–H and O–H groups in total. The van der Waals surface area contributed by atoms with Crippen LogP contribution in [-0.2, 0) is 13.0 Å². The van der Waals surface area contributed by atoms with Crippen molar-refractivity contribution in [1.29, 1.82) is 0 Å². The van der Waals surface area contributed by atoms with Crippen LogP contribution in [0, 0.1) is 0 Å². The number of anilines is 1. The Hall–Kier alpha value is -3.74. The van der Waals surface area contributed by atoms with Crippen LogP contribution in [0.4, 0.5) is 5.69 Å². The van der Waals surface area contributed by atoms with Gasteiger partial charge in [-0.25, -0.2) is 0 Å². The topological polar surface area (TPSA) is 81.0 Å². The predicted octanol–water partition coefficient (Wildman–Crippen LogP) is 3.75. The Balaban J connectivity index is 1.64. The molecule has 154 valence electrons. The molecule has 2 amide bonds. The van der Waals surface area contributed by atoms with Crippen LogP contribution in [-0.4, -0.2) is 37.5 Å². The van der Waals surface area contributed by atoms with Crippen LogP contribution in [0.1, 0.15) is 32.0 Å². The molecule has 2 aromatic carbocycles. The fourth-order valence-electron chi connectivity index (χ4n) is 3.62. The van der Waals surface area contributed by atoms with E-state index in [0.717, 1.165) is 12.0 Å². The molecule has 0 unspecified atom stereocenters. The highest BCUT2D eigenvalue weighted by atomic mass is 16.5. The van der Waals surface area contributed by atoms with E-state index in [4.69, 9.17) is 13.9 Å². The molecule has 0 saturated carbocycles. The van der Waals surface area contributed by atoms with Crippen molar-refractivity contribution in [3.63, 3.8) is 0 Å². The van der Waals surface area contributed by atoms with Crippen LogP contribution >= 0.6 is 0 Å². The first kappa shape index (κ1) is 19.6. The second kappa shape index (κ2) is 8.32. The number of fused-ring (bicyclic) bond motifs is 1. The van der Waals surface area contributed by atoms with Gasteiger partial charge in [0, 0.05) is 18.7 Å². The summed E-state index contributed by atoms with van der Waals surface area (Å²) in [7, 11) is 2.96. The Morgan fingerprint density at radius 2 is 1.83 bits per heavy atom. The maximum absolute atomic E-state index is 13.2. The van der Waals surface area contributed by atoms with Crippen molar-refractivity contribution in [3.8, 4) is 11.5 Å². The first-order valence-electron chi connectivity index (χ1n) is 9.57. The van der Waals surface area contributed by atoms with E-state index in [1.165, 1.54) is 26.0 Å². The molecule has 0 aliphatic carbocycles. The molecule has 3 aromatic rings. The number of methoxy groups -OCH3 is 2. The van der Waals surface area contributed by atoms with Gasteiger partial charge in [-0.2, -0.15) is 0 Å². The standard InChI is InChI=1S/C23H22N2O5/c1-28-20-13-17(23(27)25-10-9-15-6-3-4-7-16(15)14-25)12-18(21(20)29-2)24-22(26)19-8-5-11-30-19/h3-8,11-13H,9-10,14H2,1-2H3,(H,24,26). The third kappa shape index (κ3) is 3.74. The zero-order chi connectivity index (χ0) is 21.1. The van der Waals surface area contributed by atoms with Crippen molar-refractivity contribution in [3.05, 3.63) is 77.2 Å². The van der Waals surface area contributed by atoms with Crippen LogP contribution in [0.2, 0.25) is 0 Å². The molecule has 4 rings (SSSR count). The number of furan rings is 1. The maximum atomic E-state index is 13.2. The van der Waals surface area contributed by atoms with Crippen molar-refractivity contribution in [2.75, 3.05) is 26.1 Å². The van der Waals surface area contributed by atoms with Crippen LogP contribution in [0.25, 0.3) is 0 Å².